The van der Waals surface area contributed by atoms with Crippen molar-refractivity contribution in [2.24, 2.45) is 18.4 Å². The van der Waals surface area contributed by atoms with E-state index in [0.717, 1.165) is 25.1 Å². The van der Waals surface area contributed by atoms with Crippen LogP contribution < -0.4 is 10.5 Å². The molecule has 0 spiro atoms. The molecule has 1 atom stereocenters. The molecular formula is C15H22BrN3O3. The summed E-state index contributed by atoms with van der Waals surface area (Å²) in [5.74, 6) is -0.0230. The van der Waals surface area contributed by atoms with Crippen LogP contribution in [0.2, 0.25) is 0 Å². The summed E-state index contributed by atoms with van der Waals surface area (Å²) in [7, 11) is 3.04. The minimum atomic E-state index is -0.549. The van der Waals surface area contributed by atoms with Gasteiger partial charge in [-0.2, -0.15) is 5.10 Å². The molecule has 0 amide bonds. The largest absolute Gasteiger partial charge is 0.469 e. The third-order valence-corrected chi connectivity index (χ3v) is 5.30. The van der Waals surface area contributed by atoms with Crippen LogP contribution in [-0.2, 0) is 16.6 Å². The number of rotatable bonds is 3. The van der Waals surface area contributed by atoms with Gasteiger partial charge in [0.05, 0.1) is 24.4 Å². The quantitative estimate of drug-likeness (QED) is 0.759. The van der Waals surface area contributed by atoms with E-state index in [-0.39, 0.29) is 17.4 Å². The van der Waals surface area contributed by atoms with Crippen LogP contribution in [0.5, 0.6) is 0 Å². The average molecular weight is 372 g/mol. The molecular weight excluding hydrogens is 350 g/mol. The van der Waals surface area contributed by atoms with Gasteiger partial charge in [-0.05, 0) is 48.5 Å². The Labute approximate surface area is 138 Å². The number of esters is 1. The number of ether oxygens (including phenoxy) is 1. The number of hydrogen-bond acceptors (Lipinski definition) is 5. The molecule has 1 aromatic heterocycles. The van der Waals surface area contributed by atoms with Crippen molar-refractivity contribution >= 4 is 27.6 Å². The predicted octanol–water partition coefficient (Wildman–Crippen LogP) is 1.96. The fourth-order valence-electron chi connectivity index (χ4n) is 2.94. The lowest BCUT2D eigenvalue weighted by atomic mass is 9.74. The predicted molar refractivity (Wildman–Crippen MR) is 87.9 cm³/mol. The topological polar surface area (TPSA) is 64.4 Å². The zero-order valence-corrected chi connectivity index (χ0v) is 15.0. The van der Waals surface area contributed by atoms with Crippen molar-refractivity contribution in [3.8, 4) is 0 Å². The zero-order chi connectivity index (χ0) is 16.5. The van der Waals surface area contributed by atoms with Crippen LogP contribution in [0, 0.1) is 11.3 Å². The molecule has 0 bridgehead atoms. The first kappa shape index (κ1) is 17.0. The second kappa shape index (κ2) is 6.40. The number of carbonyl (C=O) groups excluding carboxylic acids is 1. The maximum Gasteiger partial charge on any atom is 0.311 e. The number of piperidine rings is 1. The van der Waals surface area contributed by atoms with Crippen LogP contribution in [0.1, 0.15) is 26.7 Å². The summed E-state index contributed by atoms with van der Waals surface area (Å²) in [6.07, 6.45) is 3.63. The van der Waals surface area contributed by atoms with E-state index in [9.17, 15) is 9.59 Å². The van der Waals surface area contributed by atoms with Gasteiger partial charge in [-0.15, -0.1) is 0 Å². The van der Waals surface area contributed by atoms with Gasteiger partial charge >= 0.3 is 5.97 Å². The minimum Gasteiger partial charge on any atom is -0.469 e. The van der Waals surface area contributed by atoms with Gasteiger partial charge in [0.1, 0.15) is 4.47 Å². The van der Waals surface area contributed by atoms with Gasteiger partial charge in [0.25, 0.3) is 5.56 Å². The highest BCUT2D eigenvalue weighted by Crippen LogP contribution is 2.37. The highest BCUT2D eigenvalue weighted by molar-refractivity contribution is 9.10. The normalized spacial score (nSPS) is 19.1. The Bertz CT molecular complexity index is 627. The first-order valence-electron chi connectivity index (χ1n) is 7.34. The molecule has 0 radical (unpaired) electrons. The summed E-state index contributed by atoms with van der Waals surface area (Å²) in [5.41, 5.74) is 0.0767. The molecule has 6 nitrogen and oxygen atoms in total. The molecule has 122 valence electrons. The van der Waals surface area contributed by atoms with Crippen molar-refractivity contribution in [3.05, 3.63) is 21.0 Å². The maximum absolute atomic E-state index is 12.0. The van der Waals surface area contributed by atoms with Crippen molar-refractivity contribution in [1.82, 2.24) is 9.78 Å². The van der Waals surface area contributed by atoms with E-state index < -0.39 is 5.41 Å². The molecule has 0 aromatic carbocycles. The fraction of sp³-hybridized carbons (Fsp3) is 0.667. The van der Waals surface area contributed by atoms with Gasteiger partial charge in [-0.3, -0.25) is 9.59 Å². The van der Waals surface area contributed by atoms with Crippen LogP contribution in [0.15, 0.2) is 15.5 Å². The molecule has 1 saturated heterocycles. The van der Waals surface area contributed by atoms with E-state index in [1.807, 2.05) is 13.8 Å². The molecule has 0 saturated carbocycles. The number of aryl methyl sites for hydroxylation is 1. The first-order chi connectivity index (χ1) is 10.3. The second-order valence-corrected chi connectivity index (χ2v) is 7.06. The Morgan fingerprint density at radius 2 is 2.18 bits per heavy atom. The molecule has 0 aliphatic carbocycles. The lowest BCUT2D eigenvalue weighted by molar-refractivity contribution is -0.154. The van der Waals surface area contributed by atoms with Gasteiger partial charge in [0, 0.05) is 20.1 Å². The minimum absolute atomic E-state index is 0.160. The number of carbonyl (C=O) groups is 1. The average Bonchev–Trinajstić information content (AvgIpc) is 2.52. The van der Waals surface area contributed by atoms with Crippen molar-refractivity contribution in [3.63, 3.8) is 0 Å². The van der Waals surface area contributed by atoms with E-state index in [2.05, 4.69) is 25.9 Å². The van der Waals surface area contributed by atoms with Gasteiger partial charge in [0.2, 0.25) is 0 Å². The van der Waals surface area contributed by atoms with Gasteiger partial charge < -0.3 is 9.64 Å². The van der Waals surface area contributed by atoms with Crippen molar-refractivity contribution in [2.45, 2.75) is 26.7 Å². The number of nitrogens with zero attached hydrogens (tertiary/aromatic N) is 3. The molecule has 2 heterocycles. The zero-order valence-electron chi connectivity index (χ0n) is 13.4. The lowest BCUT2D eigenvalue weighted by Gasteiger charge is -2.40. The summed E-state index contributed by atoms with van der Waals surface area (Å²) < 4.78 is 6.75. The summed E-state index contributed by atoms with van der Waals surface area (Å²) in [6.45, 7) is 5.39. The SMILES string of the molecule is COC(=O)C(C)(C)C1CCCN(c2cnn(C)c(=O)c2Br)C1. The van der Waals surface area contributed by atoms with Gasteiger partial charge in [-0.25, -0.2) is 4.68 Å². The molecule has 1 unspecified atom stereocenters. The van der Waals surface area contributed by atoms with Crippen LogP contribution in [0.4, 0.5) is 5.69 Å². The van der Waals surface area contributed by atoms with Gasteiger partial charge in [-0.1, -0.05) is 0 Å². The second-order valence-electron chi connectivity index (χ2n) is 6.27. The Morgan fingerprint density at radius 3 is 2.82 bits per heavy atom. The molecule has 7 heteroatoms. The van der Waals surface area contributed by atoms with E-state index in [1.54, 1.807) is 13.2 Å². The Hall–Kier alpha value is -1.37. The summed E-state index contributed by atoms with van der Waals surface area (Å²) in [5, 5.41) is 4.09. The molecule has 22 heavy (non-hydrogen) atoms. The molecule has 0 N–H and O–H groups in total. The molecule has 1 aliphatic heterocycles. The summed E-state index contributed by atoms with van der Waals surface area (Å²) in [6, 6.07) is 0. The molecule has 1 aromatic rings. The number of aromatic nitrogens is 2. The van der Waals surface area contributed by atoms with Crippen LogP contribution in [0.25, 0.3) is 0 Å². The Balaban J connectivity index is 2.27. The highest BCUT2D eigenvalue weighted by atomic mass is 79.9. The van der Waals surface area contributed by atoms with Crippen molar-refractivity contribution in [2.75, 3.05) is 25.1 Å². The maximum atomic E-state index is 12.0. The monoisotopic (exact) mass is 371 g/mol. The molecule has 2 rings (SSSR count). The standard InChI is InChI=1S/C15H22BrN3O3/c1-15(2,14(21)22-4)10-6-5-7-19(9-10)11-8-17-18(3)13(20)12(11)16/h8,10H,5-7,9H2,1-4H3. The van der Waals surface area contributed by atoms with E-state index in [0.29, 0.717) is 11.0 Å². The van der Waals surface area contributed by atoms with Crippen LogP contribution in [-0.4, -0.2) is 35.9 Å². The smallest absolute Gasteiger partial charge is 0.311 e. The van der Waals surface area contributed by atoms with E-state index in [1.165, 1.54) is 11.8 Å². The fourth-order valence-corrected chi connectivity index (χ4v) is 3.55. The summed E-state index contributed by atoms with van der Waals surface area (Å²) in [4.78, 5) is 26.2. The lowest BCUT2D eigenvalue weighted by Crippen LogP contribution is -2.45. The van der Waals surface area contributed by atoms with Crippen LogP contribution in [0.3, 0.4) is 0 Å². The number of hydrogen-bond donors (Lipinski definition) is 0. The Kier molecular flexibility index (Phi) is 4.94. The molecule has 1 fully saturated rings. The third-order valence-electron chi connectivity index (χ3n) is 4.55. The number of methoxy groups -OCH3 is 1. The van der Waals surface area contributed by atoms with E-state index in [4.69, 9.17) is 4.74 Å². The molecule has 1 aliphatic rings. The number of anilines is 1. The highest BCUT2D eigenvalue weighted by Gasteiger charge is 2.40. The summed E-state index contributed by atoms with van der Waals surface area (Å²) >= 11 is 3.37. The number of halogens is 1. The van der Waals surface area contributed by atoms with Crippen molar-refractivity contribution < 1.29 is 9.53 Å². The van der Waals surface area contributed by atoms with Crippen LogP contribution >= 0.6 is 15.9 Å². The Morgan fingerprint density at radius 1 is 1.50 bits per heavy atom. The first-order valence-corrected chi connectivity index (χ1v) is 8.13. The third kappa shape index (κ3) is 3.04. The van der Waals surface area contributed by atoms with E-state index >= 15 is 0 Å². The van der Waals surface area contributed by atoms with Gasteiger partial charge in [0.15, 0.2) is 0 Å². The van der Waals surface area contributed by atoms with Crippen molar-refractivity contribution in [1.29, 1.82) is 0 Å².